The molecule has 0 spiro atoms. The van der Waals surface area contributed by atoms with E-state index < -0.39 is 0 Å². The van der Waals surface area contributed by atoms with Crippen LogP contribution in [-0.2, 0) is 0 Å². The lowest BCUT2D eigenvalue weighted by atomic mass is 10.1. The Morgan fingerprint density at radius 1 is 1.58 bits per heavy atom. The van der Waals surface area contributed by atoms with Crippen molar-refractivity contribution in [1.29, 1.82) is 0 Å². The molecule has 1 amide bonds. The fourth-order valence-corrected chi connectivity index (χ4v) is 2.70. The maximum atomic E-state index is 12.2. The van der Waals surface area contributed by atoms with Crippen LogP contribution in [0.15, 0.2) is 22.8 Å². The van der Waals surface area contributed by atoms with Crippen LogP contribution in [0.2, 0.25) is 0 Å². The average Bonchev–Trinajstić information content (AvgIpc) is 2.67. The predicted molar refractivity (Wildman–Crippen MR) is 76.1 cm³/mol. The Morgan fingerprint density at radius 2 is 2.32 bits per heavy atom. The minimum absolute atomic E-state index is 0.185. The van der Waals surface area contributed by atoms with Crippen LogP contribution in [0.1, 0.15) is 10.5 Å². The van der Waals surface area contributed by atoms with Gasteiger partial charge in [0.25, 0.3) is 5.91 Å². The first kappa shape index (κ1) is 12.4. The summed E-state index contributed by atoms with van der Waals surface area (Å²) < 4.78 is 2.51. The van der Waals surface area contributed by atoms with Gasteiger partial charge in [0.05, 0.1) is 10.5 Å². The number of carbonyl (C=O) groups excluding carboxylic acids is 1. The molecule has 2 aromatic rings. The molecule has 6 nitrogen and oxygen atoms in total. The third-order valence-corrected chi connectivity index (χ3v) is 3.87. The summed E-state index contributed by atoms with van der Waals surface area (Å²) in [5.41, 5.74) is 6.91. The minimum atomic E-state index is -0.216. The second-order valence-electron chi connectivity index (χ2n) is 4.79. The summed E-state index contributed by atoms with van der Waals surface area (Å²) in [6, 6.07) is 3.90. The Hall–Kier alpha value is -1.60. The number of anilines is 1. The molecule has 7 heteroatoms. The summed E-state index contributed by atoms with van der Waals surface area (Å²) in [5.74, 6) is 0.146. The maximum Gasteiger partial charge on any atom is 0.274 e. The third kappa shape index (κ3) is 2.08. The van der Waals surface area contributed by atoms with Crippen molar-refractivity contribution in [2.45, 2.75) is 6.04 Å². The van der Waals surface area contributed by atoms with Crippen LogP contribution >= 0.6 is 15.9 Å². The highest BCUT2D eigenvalue weighted by molar-refractivity contribution is 9.10. The molecule has 0 unspecified atom stereocenters. The van der Waals surface area contributed by atoms with E-state index in [-0.39, 0.29) is 17.6 Å². The molecule has 0 bridgehead atoms. The van der Waals surface area contributed by atoms with E-state index in [1.165, 1.54) is 0 Å². The fraction of sp³-hybridized carbons (Fsp3) is 0.333. The van der Waals surface area contributed by atoms with Gasteiger partial charge in [0.1, 0.15) is 5.82 Å². The van der Waals surface area contributed by atoms with Crippen LogP contribution in [-0.4, -0.2) is 46.4 Å². The van der Waals surface area contributed by atoms with E-state index in [0.29, 0.717) is 11.5 Å². The van der Waals surface area contributed by atoms with Gasteiger partial charge in [0, 0.05) is 19.3 Å². The monoisotopic (exact) mass is 323 g/mol. The summed E-state index contributed by atoms with van der Waals surface area (Å²) in [6.45, 7) is 1.73. The molecule has 0 saturated carbocycles. The molecule has 3 rings (SSSR count). The van der Waals surface area contributed by atoms with Gasteiger partial charge < -0.3 is 16.0 Å². The normalized spacial score (nSPS) is 16.5. The largest absolute Gasteiger partial charge is 0.383 e. The number of rotatable bonds is 2. The van der Waals surface area contributed by atoms with E-state index in [0.717, 1.165) is 17.6 Å². The number of imidazole rings is 1. The second kappa shape index (κ2) is 4.50. The highest BCUT2D eigenvalue weighted by Crippen LogP contribution is 2.22. The van der Waals surface area contributed by atoms with Crippen molar-refractivity contribution in [3.8, 4) is 0 Å². The molecule has 100 valence electrons. The van der Waals surface area contributed by atoms with E-state index in [2.05, 4.69) is 31.1 Å². The number of likely N-dealkylation sites (tertiary alicyclic amines) is 1. The number of nitrogens with zero attached hydrogens (tertiary/aromatic N) is 3. The fourth-order valence-electron chi connectivity index (χ4n) is 2.26. The third-order valence-electron chi connectivity index (χ3n) is 3.25. The van der Waals surface area contributed by atoms with E-state index in [9.17, 15) is 4.79 Å². The van der Waals surface area contributed by atoms with Crippen LogP contribution in [0.25, 0.3) is 5.65 Å². The smallest absolute Gasteiger partial charge is 0.274 e. The zero-order valence-corrected chi connectivity index (χ0v) is 12.0. The lowest BCUT2D eigenvalue weighted by Gasteiger charge is -2.36. The molecular formula is C12H14BrN5O. The van der Waals surface area contributed by atoms with Crippen LogP contribution in [0, 0.1) is 0 Å². The molecule has 1 aliphatic heterocycles. The molecule has 0 radical (unpaired) electrons. The van der Waals surface area contributed by atoms with Gasteiger partial charge in [-0.05, 0) is 35.1 Å². The Balaban J connectivity index is 1.90. The SMILES string of the molecule is CN1CC(NC(=O)c2nc3c(Br)cccn3c2N)C1. The highest BCUT2D eigenvalue weighted by Gasteiger charge is 2.27. The summed E-state index contributed by atoms with van der Waals surface area (Å²) in [6.07, 6.45) is 1.79. The lowest BCUT2D eigenvalue weighted by molar-refractivity contribution is 0.0854. The van der Waals surface area contributed by atoms with Crippen molar-refractivity contribution >= 4 is 33.3 Å². The number of likely N-dealkylation sites (N-methyl/N-ethyl adjacent to an activating group) is 1. The Bertz CT molecular complexity index is 647. The lowest BCUT2D eigenvalue weighted by Crippen LogP contribution is -2.57. The standard InChI is InChI=1S/C12H14BrN5O/c1-17-5-7(6-17)15-12(19)9-10(14)18-4-2-3-8(13)11(18)16-9/h2-4,7H,5-6,14H2,1H3,(H,15,19). The van der Waals surface area contributed by atoms with E-state index in [1.54, 1.807) is 10.6 Å². The van der Waals surface area contributed by atoms with Crippen molar-refractivity contribution in [3.05, 3.63) is 28.5 Å². The van der Waals surface area contributed by atoms with Gasteiger partial charge in [-0.2, -0.15) is 0 Å². The van der Waals surface area contributed by atoms with Crippen molar-refractivity contribution in [3.63, 3.8) is 0 Å². The number of hydrogen-bond acceptors (Lipinski definition) is 4. The van der Waals surface area contributed by atoms with Crippen molar-refractivity contribution in [1.82, 2.24) is 19.6 Å². The van der Waals surface area contributed by atoms with E-state index >= 15 is 0 Å². The predicted octanol–water partition coefficient (Wildman–Crippen LogP) is 0.723. The number of nitrogens with two attached hydrogens (primary N) is 1. The number of nitrogens with one attached hydrogen (secondary N) is 1. The van der Waals surface area contributed by atoms with Crippen LogP contribution in [0.3, 0.4) is 0 Å². The van der Waals surface area contributed by atoms with E-state index in [4.69, 9.17) is 5.73 Å². The number of halogens is 1. The van der Waals surface area contributed by atoms with Gasteiger partial charge in [-0.15, -0.1) is 0 Å². The highest BCUT2D eigenvalue weighted by atomic mass is 79.9. The quantitative estimate of drug-likeness (QED) is 0.854. The Kier molecular flexibility index (Phi) is 2.94. The topological polar surface area (TPSA) is 75.7 Å². The Morgan fingerprint density at radius 3 is 2.95 bits per heavy atom. The number of amides is 1. The molecule has 3 heterocycles. The van der Waals surface area contributed by atoms with Gasteiger partial charge in [0.15, 0.2) is 11.3 Å². The van der Waals surface area contributed by atoms with Crippen molar-refractivity contribution < 1.29 is 4.79 Å². The molecule has 2 aromatic heterocycles. The first-order valence-electron chi connectivity index (χ1n) is 5.97. The number of fused-ring (bicyclic) bond motifs is 1. The number of aromatic nitrogens is 2. The van der Waals surface area contributed by atoms with Gasteiger partial charge >= 0.3 is 0 Å². The molecule has 1 aliphatic rings. The minimum Gasteiger partial charge on any atom is -0.383 e. The number of carbonyl (C=O) groups is 1. The first-order valence-corrected chi connectivity index (χ1v) is 6.77. The molecule has 1 fully saturated rings. The zero-order valence-electron chi connectivity index (χ0n) is 10.4. The van der Waals surface area contributed by atoms with Crippen LogP contribution in [0.5, 0.6) is 0 Å². The van der Waals surface area contributed by atoms with Crippen LogP contribution < -0.4 is 11.1 Å². The number of nitrogen functional groups attached to an aromatic ring is 1. The van der Waals surface area contributed by atoms with Crippen molar-refractivity contribution in [2.75, 3.05) is 25.9 Å². The van der Waals surface area contributed by atoms with E-state index in [1.807, 2.05) is 19.2 Å². The molecule has 0 atom stereocenters. The summed E-state index contributed by atoms with van der Waals surface area (Å²) >= 11 is 3.40. The molecule has 3 N–H and O–H groups in total. The van der Waals surface area contributed by atoms with Gasteiger partial charge in [-0.3, -0.25) is 9.20 Å². The maximum absolute atomic E-state index is 12.2. The van der Waals surface area contributed by atoms with Gasteiger partial charge in [-0.1, -0.05) is 0 Å². The van der Waals surface area contributed by atoms with Crippen LogP contribution in [0.4, 0.5) is 5.82 Å². The number of pyridine rings is 1. The summed E-state index contributed by atoms with van der Waals surface area (Å²) in [4.78, 5) is 18.6. The van der Waals surface area contributed by atoms with Gasteiger partial charge in [-0.25, -0.2) is 4.98 Å². The molecular weight excluding hydrogens is 310 g/mol. The summed E-state index contributed by atoms with van der Waals surface area (Å²) in [5, 5.41) is 2.93. The second-order valence-corrected chi connectivity index (χ2v) is 5.64. The Labute approximate surface area is 118 Å². The van der Waals surface area contributed by atoms with Gasteiger partial charge in [0.2, 0.25) is 0 Å². The first-order chi connectivity index (χ1) is 9.06. The molecule has 19 heavy (non-hydrogen) atoms. The molecule has 1 saturated heterocycles. The zero-order chi connectivity index (χ0) is 13.6. The molecule has 0 aliphatic carbocycles. The summed E-state index contributed by atoms with van der Waals surface area (Å²) in [7, 11) is 2.01. The average molecular weight is 324 g/mol. The number of hydrogen-bond donors (Lipinski definition) is 2. The van der Waals surface area contributed by atoms with Crippen molar-refractivity contribution in [2.24, 2.45) is 0 Å². The molecule has 0 aromatic carbocycles.